The summed E-state index contributed by atoms with van der Waals surface area (Å²) in [4.78, 5) is 36.5. The van der Waals surface area contributed by atoms with Crippen LogP contribution in [0.2, 0.25) is 0 Å². The third-order valence-electron chi connectivity index (χ3n) is 4.56. The lowest BCUT2D eigenvalue weighted by Gasteiger charge is -2.13. The zero-order valence-corrected chi connectivity index (χ0v) is 19.7. The Morgan fingerprint density at radius 1 is 0.879 bits per heavy atom. The molecule has 9 heteroatoms. The van der Waals surface area contributed by atoms with Gasteiger partial charge in [-0.1, -0.05) is 38.8 Å². The van der Waals surface area contributed by atoms with Gasteiger partial charge in [-0.05, 0) is 61.5 Å². The molecule has 0 aliphatic carbocycles. The molecule has 0 unspecified atom stereocenters. The summed E-state index contributed by atoms with van der Waals surface area (Å²) in [5.74, 6) is -0.493. The van der Waals surface area contributed by atoms with Gasteiger partial charge >= 0.3 is 0 Å². The van der Waals surface area contributed by atoms with E-state index in [2.05, 4.69) is 28.4 Å². The highest BCUT2D eigenvalue weighted by Crippen LogP contribution is 2.18. The molecule has 2 aromatic rings. The standard InChI is InChI=1S/C24H30N4O4S/c1-3-5-8-16-32-20-11-7-6-10-19(20)23(31)26-24(33)28-27-22(30)17-12-14-18(15-13-17)25-21(29)9-4-2/h6-7,10-15H,3-5,8-9,16H2,1-2H3,(H,25,29)(H,27,30)(H2,26,28,31,33). The number of unbranched alkanes of at least 4 members (excludes halogenated alkanes) is 2. The molecule has 3 amide bonds. The Bertz CT molecular complexity index is 963. The predicted molar refractivity (Wildman–Crippen MR) is 132 cm³/mol. The number of ether oxygens (including phenoxy) is 1. The van der Waals surface area contributed by atoms with Crippen molar-refractivity contribution in [2.24, 2.45) is 0 Å². The number of amides is 3. The molecule has 0 radical (unpaired) electrons. The van der Waals surface area contributed by atoms with Crippen molar-refractivity contribution in [3.63, 3.8) is 0 Å². The maximum Gasteiger partial charge on any atom is 0.269 e. The van der Waals surface area contributed by atoms with Crippen LogP contribution in [-0.2, 0) is 4.79 Å². The van der Waals surface area contributed by atoms with Gasteiger partial charge in [0.1, 0.15) is 5.75 Å². The first-order chi connectivity index (χ1) is 15.9. The Morgan fingerprint density at radius 3 is 2.30 bits per heavy atom. The summed E-state index contributed by atoms with van der Waals surface area (Å²) in [5.41, 5.74) is 6.27. The number of hydrogen-bond donors (Lipinski definition) is 4. The molecule has 33 heavy (non-hydrogen) atoms. The number of thiocarbonyl (C=S) groups is 1. The summed E-state index contributed by atoms with van der Waals surface area (Å²) in [5, 5.41) is 5.22. The third-order valence-corrected chi connectivity index (χ3v) is 4.77. The first-order valence-electron chi connectivity index (χ1n) is 11.0. The van der Waals surface area contributed by atoms with E-state index < -0.39 is 11.8 Å². The number of hydrogen-bond acceptors (Lipinski definition) is 5. The Kier molecular flexibility index (Phi) is 10.8. The van der Waals surface area contributed by atoms with Crippen LogP contribution in [0.5, 0.6) is 5.75 Å². The summed E-state index contributed by atoms with van der Waals surface area (Å²) in [6.07, 6.45) is 4.23. The number of rotatable bonds is 10. The Hall–Kier alpha value is -3.46. The van der Waals surface area contributed by atoms with Gasteiger partial charge in [0.05, 0.1) is 12.2 Å². The maximum atomic E-state index is 12.6. The van der Waals surface area contributed by atoms with E-state index in [4.69, 9.17) is 17.0 Å². The molecule has 0 aliphatic heterocycles. The summed E-state index contributed by atoms with van der Waals surface area (Å²) < 4.78 is 5.72. The fraction of sp³-hybridized carbons (Fsp3) is 0.333. The molecule has 0 aromatic heterocycles. The van der Waals surface area contributed by atoms with Gasteiger partial charge < -0.3 is 10.1 Å². The van der Waals surface area contributed by atoms with Crippen molar-refractivity contribution >= 4 is 40.7 Å². The number of benzene rings is 2. The summed E-state index contributed by atoms with van der Waals surface area (Å²) in [6.45, 7) is 4.56. The molecular weight excluding hydrogens is 440 g/mol. The molecule has 0 aliphatic rings. The highest BCUT2D eigenvalue weighted by atomic mass is 32.1. The summed E-state index contributed by atoms with van der Waals surface area (Å²) in [7, 11) is 0. The second kappa shape index (κ2) is 13.8. The minimum Gasteiger partial charge on any atom is -0.493 e. The van der Waals surface area contributed by atoms with E-state index in [1.165, 1.54) is 0 Å². The van der Waals surface area contributed by atoms with Crippen molar-refractivity contribution in [3.05, 3.63) is 59.7 Å². The molecule has 0 atom stereocenters. The zero-order valence-electron chi connectivity index (χ0n) is 18.9. The van der Waals surface area contributed by atoms with Crippen LogP contribution in [0.15, 0.2) is 48.5 Å². The van der Waals surface area contributed by atoms with Crippen LogP contribution in [0.3, 0.4) is 0 Å². The molecule has 2 rings (SSSR count). The SMILES string of the molecule is CCCCCOc1ccccc1C(=O)NC(=S)NNC(=O)c1ccc(NC(=O)CCC)cc1. The van der Waals surface area contributed by atoms with Gasteiger partial charge in [-0.3, -0.25) is 30.6 Å². The van der Waals surface area contributed by atoms with Crippen LogP contribution in [0.4, 0.5) is 5.69 Å². The van der Waals surface area contributed by atoms with Crippen molar-refractivity contribution in [1.29, 1.82) is 0 Å². The van der Waals surface area contributed by atoms with Crippen molar-refractivity contribution in [2.75, 3.05) is 11.9 Å². The van der Waals surface area contributed by atoms with Crippen molar-refractivity contribution in [1.82, 2.24) is 16.2 Å². The molecule has 0 saturated heterocycles. The third kappa shape index (κ3) is 8.89. The number of para-hydroxylation sites is 1. The summed E-state index contributed by atoms with van der Waals surface area (Å²) >= 11 is 5.11. The topological polar surface area (TPSA) is 109 Å². The molecular formula is C24H30N4O4S. The molecule has 0 fully saturated rings. The first-order valence-corrected chi connectivity index (χ1v) is 11.4. The van der Waals surface area contributed by atoms with E-state index in [9.17, 15) is 14.4 Å². The lowest BCUT2D eigenvalue weighted by molar-refractivity contribution is -0.116. The second-order valence-electron chi connectivity index (χ2n) is 7.29. The second-order valence-corrected chi connectivity index (χ2v) is 7.70. The van der Waals surface area contributed by atoms with Gasteiger partial charge in [0.25, 0.3) is 11.8 Å². The van der Waals surface area contributed by atoms with Gasteiger partial charge in [0, 0.05) is 17.7 Å². The van der Waals surface area contributed by atoms with Crippen LogP contribution in [0.25, 0.3) is 0 Å². The van der Waals surface area contributed by atoms with Crippen molar-refractivity contribution in [2.45, 2.75) is 46.0 Å². The molecule has 4 N–H and O–H groups in total. The van der Waals surface area contributed by atoms with E-state index >= 15 is 0 Å². The lowest BCUT2D eigenvalue weighted by atomic mass is 10.2. The smallest absolute Gasteiger partial charge is 0.269 e. The molecule has 0 saturated carbocycles. The number of anilines is 1. The van der Waals surface area contributed by atoms with Crippen molar-refractivity contribution in [3.8, 4) is 5.75 Å². The monoisotopic (exact) mass is 470 g/mol. The average Bonchev–Trinajstić information content (AvgIpc) is 2.81. The number of carbonyl (C=O) groups excluding carboxylic acids is 3. The normalized spacial score (nSPS) is 10.1. The van der Waals surface area contributed by atoms with Crippen LogP contribution in [-0.4, -0.2) is 29.4 Å². The molecule has 0 spiro atoms. The fourth-order valence-electron chi connectivity index (χ4n) is 2.86. The number of nitrogens with one attached hydrogen (secondary N) is 4. The van der Waals surface area contributed by atoms with E-state index in [0.717, 1.165) is 25.7 Å². The number of hydrazine groups is 1. The van der Waals surface area contributed by atoms with Crippen LogP contribution >= 0.6 is 12.2 Å². The van der Waals surface area contributed by atoms with Gasteiger partial charge in [-0.25, -0.2) is 0 Å². The van der Waals surface area contributed by atoms with E-state index in [-0.39, 0.29) is 11.0 Å². The average molecular weight is 471 g/mol. The minimum atomic E-state index is -0.447. The molecule has 8 nitrogen and oxygen atoms in total. The van der Waals surface area contributed by atoms with Crippen LogP contribution in [0, 0.1) is 0 Å². The first kappa shape index (κ1) is 25.8. The van der Waals surface area contributed by atoms with Crippen LogP contribution in [0.1, 0.15) is 66.7 Å². The highest BCUT2D eigenvalue weighted by molar-refractivity contribution is 7.80. The Labute approximate surface area is 199 Å². The molecule has 2 aromatic carbocycles. The van der Waals surface area contributed by atoms with E-state index in [0.29, 0.717) is 35.6 Å². The minimum absolute atomic E-state index is 0.0578. The lowest BCUT2D eigenvalue weighted by Crippen LogP contribution is -2.48. The Morgan fingerprint density at radius 2 is 1.61 bits per heavy atom. The zero-order chi connectivity index (χ0) is 24.1. The largest absolute Gasteiger partial charge is 0.493 e. The predicted octanol–water partition coefficient (Wildman–Crippen LogP) is 3.94. The Balaban J connectivity index is 1.84. The van der Waals surface area contributed by atoms with Gasteiger partial charge in [0.15, 0.2) is 5.11 Å². The maximum absolute atomic E-state index is 12.6. The van der Waals surface area contributed by atoms with Gasteiger partial charge in [-0.2, -0.15) is 0 Å². The van der Waals surface area contributed by atoms with Gasteiger partial charge in [0.2, 0.25) is 5.91 Å². The van der Waals surface area contributed by atoms with Crippen molar-refractivity contribution < 1.29 is 19.1 Å². The number of carbonyl (C=O) groups is 3. The fourth-order valence-corrected chi connectivity index (χ4v) is 3.00. The highest BCUT2D eigenvalue weighted by Gasteiger charge is 2.14. The molecule has 0 bridgehead atoms. The molecule has 176 valence electrons. The van der Waals surface area contributed by atoms with E-state index in [1.54, 1.807) is 48.5 Å². The molecule has 0 heterocycles. The van der Waals surface area contributed by atoms with E-state index in [1.807, 2.05) is 6.92 Å². The van der Waals surface area contributed by atoms with Crippen LogP contribution < -0.4 is 26.2 Å². The van der Waals surface area contributed by atoms with Gasteiger partial charge in [-0.15, -0.1) is 0 Å². The summed E-state index contributed by atoms with van der Waals surface area (Å²) in [6, 6.07) is 13.3. The quantitative estimate of drug-likeness (QED) is 0.238.